The number of unbranched alkanes of at least 4 members (excludes halogenated alkanes) is 2. The van der Waals surface area contributed by atoms with Crippen LogP contribution < -0.4 is 0 Å². The third kappa shape index (κ3) is 5.56. The van der Waals surface area contributed by atoms with Crippen LogP contribution in [0.2, 0.25) is 0 Å². The highest BCUT2D eigenvalue weighted by Crippen LogP contribution is 2.03. The van der Waals surface area contributed by atoms with Crippen molar-refractivity contribution in [2.75, 3.05) is 0 Å². The fourth-order valence-electron chi connectivity index (χ4n) is 1.02. The molecule has 4 heteroatoms. The van der Waals surface area contributed by atoms with Crippen molar-refractivity contribution in [3.63, 3.8) is 0 Å². The Balaban J connectivity index is 3.95. The maximum absolute atomic E-state index is 11.3. The lowest BCUT2D eigenvalue weighted by Crippen LogP contribution is -2.21. The van der Waals surface area contributed by atoms with E-state index in [0.717, 1.165) is 19.3 Å². The first-order valence-electron chi connectivity index (χ1n) is 5.03. The first-order chi connectivity index (χ1) is 6.61. The Bertz CT molecular complexity index is 200. The topological polar surface area (TPSA) is 58.9 Å². The standard InChI is InChI=1S/C10H19NO3/c1-4-5-6-7-9(11-13)10(12)14-8(2)3/h8,13H,4-7H2,1-3H3. The predicted octanol–water partition coefficient (Wildman–Crippen LogP) is 2.35. The van der Waals surface area contributed by atoms with E-state index in [1.54, 1.807) is 13.8 Å². The number of carbonyl (C=O) groups is 1. The molecular weight excluding hydrogens is 182 g/mol. The van der Waals surface area contributed by atoms with Crippen LogP contribution in [-0.4, -0.2) is 23.0 Å². The molecule has 0 rings (SSSR count). The van der Waals surface area contributed by atoms with Gasteiger partial charge in [-0.15, -0.1) is 0 Å². The maximum atomic E-state index is 11.3. The highest BCUT2D eigenvalue weighted by atomic mass is 16.5. The highest BCUT2D eigenvalue weighted by molar-refractivity contribution is 6.36. The van der Waals surface area contributed by atoms with E-state index < -0.39 is 5.97 Å². The molecule has 4 nitrogen and oxygen atoms in total. The molecule has 0 aliphatic rings. The van der Waals surface area contributed by atoms with Crippen LogP contribution in [0.5, 0.6) is 0 Å². The Labute approximate surface area is 84.9 Å². The zero-order chi connectivity index (χ0) is 11.0. The molecule has 0 fully saturated rings. The molecule has 0 amide bonds. The molecule has 82 valence electrons. The SMILES string of the molecule is CCCCCC(=NO)C(=O)OC(C)C. The molecule has 0 aromatic heterocycles. The second-order valence-corrected chi connectivity index (χ2v) is 3.46. The van der Waals surface area contributed by atoms with E-state index in [-0.39, 0.29) is 11.8 Å². The lowest BCUT2D eigenvalue weighted by atomic mass is 10.1. The monoisotopic (exact) mass is 201 g/mol. The number of ether oxygens (including phenoxy) is 1. The minimum absolute atomic E-state index is 0.118. The first-order valence-corrected chi connectivity index (χ1v) is 5.03. The average molecular weight is 201 g/mol. The molecule has 14 heavy (non-hydrogen) atoms. The van der Waals surface area contributed by atoms with Crippen LogP contribution in [0.1, 0.15) is 46.5 Å². The maximum Gasteiger partial charge on any atom is 0.356 e. The number of hydrogen-bond donors (Lipinski definition) is 1. The van der Waals surface area contributed by atoms with E-state index in [4.69, 9.17) is 9.94 Å². The van der Waals surface area contributed by atoms with Crippen molar-refractivity contribution in [1.29, 1.82) is 0 Å². The fourth-order valence-corrected chi connectivity index (χ4v) is 1.02. The molecule has 0 spiro atoms. The Morgan fingerprint density at radius 2 is 2.07 bits per heavy atom. The zero-order valence-electron chi connectivity index (χ0n) is 9.12. The minimum Gasteiger partial charge on any atom is -0.458 e. The van der Waals surface area contributed by atoms with Crippen molar-refractivity contribution in [3.05, 3.63) is 0 Å². The van der Waals surface area contributed by atoms with Gasteiger partial charge in [-0.25, -0.2) is 4.79 Å². The summed E-state index contributed by atoms with van der Waals surface area (Å²) >= 11 is 0. The molecule has 0 atom stereocenters. The van der Waals surface area contributed by atoms with Gasteiger partial charge < -0.3 is 9.94 Å². The van der Waals surface area contributed by atoms with Gasteiger partial charge in [-0.2, -0.15) is 0 Å². The Morgan fingerprint density at radius 3 is 2.50 bits per heavy atom. The van der Waals surface area contributed by atoms with Gasteiger partial charge in [-0.05, 0) is 20.3 Å². The van der Waals surface area contributed by atoms with Crippen molar-refractivity contribution < 1.29 is 14.7 Å². The first kappa shape index (κ1) is 12.9. The Hall–Kier alpha value is -1.06. The number of nitrogens with zero attached hydrogens (tertiary/aromatic N) is 1. The summed E-state index contributed by atoms with van der Waals surface area (Å²) in [6.07, 6.45) is 3.25. The molecule has 0 saturated heterocycles. The summed E-state index contributed by atoms with van der Waals surface area (Å²) in [7, 11) is 0. The molecule has 1 N–H and O–H groups in total. The molecule has 0 saturated carbocycles. The second-order valence-electron chi connectivity index (χ2n) is 3.46. The highest BCUT2D eigenvalue weighted by Gasteiger charge is 2.14. The summed E-state index contributed by atoms with van der Waals surface area (Å²) < 4.78 is 4.90. The summed E-state index contributed by atoms with van der Waals surface area (Å²) in [5.74, 6) is -0.515. The fraction of sp³-hybridized carbons (Fsp3) is 0.800. The zero-order valence-corrected chi connectivity index (χ0v) is 9.12. The molecule has 0 aliphatic heterocycles. The molecule has 0 unspecified atom stereocenters. The summed E-state index contributed by atoms with van der Waals surface area (Å²) in [5.41, 5.74) is 0.118. The molecule has 0 heterocycles. The van der Waals surface area contributed by atoms with Gasteiger partial charge in [0.15, 0.2) is 5.71 Å². The Morgan fingerprint density at radius 1 is 1.43 bits per heavy atom. The smallest absolute Gasteiger partial charge is 0.356 e. The summed E-state index contributed by atoms with van der Waals surface area (Å²) in [6, 6.07) is 0. The quantitative estimate of drug-likeness (QED) is 0.236. The largest absolute Gasteiger partial charge is 0.458 e. The number of hydrogen-bond acceptors (Lipinski definition) is 4. The van der Waals surface area contributed by atoms with Crippen molar-refractivity contribution in [2.45, 2.75) is 52.6 Å². The van der Waals surface area contributed by atoms with Crippen LogP contribution in [0.3, 0.4) is 0 Å². The van der Waals surface area contributed by atoms with Crippen molar-refractivity contribution in [3.8, 4) is 0 Å². The van der Waals surface area contributed by atoms with Crippen molar-refractivity contribution >= 4 is 11.7 Å². The molecule has 0 aromatic carbocycles. The number of esters is 1. The third-order valence-electron chi connectivity index (χ3n) is 1.72. The lowest BCUT2D eigenvalue weighted by molar-refractivity contribution is -0.139. The van der Waals surface area contributed by atoms with E-state index in [1.807, 2.05) is 0 Å². The van der Waals surface area contributed by atoms with Gasteiger partial charge in [-0.3, -0.25) is 0 Å². The predicted molar refractivity (Wildman–Crippen MR) is 54.6 cm³/mol. The van der Waals surface area contributed by atoms with Gasteiger partial charge in [0.2, 0.25) is 0 Å². The van der Waals surface area contributed by atoms with E-state index in [9.17, 15) is 4.79 Å². The molecular formula is C10H19NO3. The Kier molecular flexibility index (Phi) is 6.80. The molecule has 0 bridgehead atoms. The number of rotatable bonds is 6. The third-order valence-corrected chi connectivity index (χ3v) is 1.72. The van der Waals surface area contributed by atoms with Crippen molar-refractivity contribution in [2.24, 2.45) is 5.16 Å². The second kappa shape index (κ2) is 7.35. The van der Waals surface area contributed by atoms with Crippen LogP contribution in [-0.2, 0) is 9.53 Å². The van der Waals surface area contributed by atoms with E-state index >= 15 is 0 Å². The van der Waals surface area contributed by atoms with Gasteiger partial charge in [0.25, 0.3) is 0 Å². The van der Waals surface area contributed by atoms with Crippen LogP contribution in [0.15, 0.2) is 5.16 Å². The van der Waals surface area contributed by atoms with Crippen LogP contribution in [0.4, 0.5) is 0 Å². The minimum atomic E-state index is -0.515. The van der Waals surface area contributed by atoms with E-state index in [0.29, 0.717) is 6.42 Å². The van der Waals surface area contributed by atoms with Crippen LogP contribution in [0.25, 0.3) is 0 Å². The normalized spacial score (nSPS) is 11.9. The summed E-state index contributed by atoms with van der Waals surface area (Å²) in [5, 5.41) is 11.6. The summed E-state index contributed by atoms with van der Waals surface area (Å²) in [6.45, 7) is 5.60. The van der Waals surface area contributed by atoms with Crippen LogP contribution >= 0.6 is 0 Å². The molecule has 0 radical (unpaired) electrons. The van der Waals surface area contributed by atoms with Gasteiger partial charge >= 0.3 is 5.97 Å². The molecule has 0 aliphatic carbocycles. The van der Waals surface area contributed by atoms with Crippen molar-refractivity contribution in [1.82, 2.24) is 0 Å². The molecule has 0 aromatic rings. The average Bonchev–Trinajstić information content (AvgIpc) is 2.11. The van der Waals surface area contributed by atoms with Gasteiger partial charge in [0.05, 0.1) is 6.10 Å². The number of carbonyl (C=O) groups excluding carboxylic acids is 1. The lowest BCUT2D eigenvalue weighted by Gasteiger charge is -2.08. The van der Waals surface area contributed by atoms with E-state index in [1.165, 1.54) is 0 Å². The van der Waals surface area contributed by atoms with Gasteiger partial charge in [-0.1, -0.05) is 24.9 Å². The summed E-state index contributed by atoms with van der Waals surface area (Å²) in [4.78, 5) is 11.3. The van der Waals surface area contributed by atoms with Gasteiger partial charge in [0.1, 0.15) is 0 Å². The van der Waals surface area contributed by atoms with E-state index in [2.05, 4.69) is 12.1 Å². The van der Waals surface area contributed by atoms with Gasteiger partial charge in [0, 0.05) is 6.42 Å². The van der Waals surface area contributed by atoms with Crippen LogP contribution in [0, 0.1) is 0 Å². The number of oxime groups is 1.